The fraction of sp³-hybridized carbons (Fsp3) is 0.211. The molecule has 0 spiro atoms. The van der Waals surface area contributed by atoms with E-state index in [1.54, 1.807) is 11.7 Å². The molecular formula is C19H20N4O5S2. The molecular weight excluding hydrogens is 428 g/mol. The Hall–Kier alpha value is -3.05. The maximum atomic E-state index is 13.0. The Morgan fingerprint density at radius 2 is 1.80 bits per heavy atom. The summed E-state index contributed by atoms with van der Waals surface area (Å²) in [6, 6.07) is 13.8. The summed E-state index contributed by atoms with van der Waals surface area (Å²) >= 11 is 0. The van der Waals surface area contributed by atoms with Gasteiger partial charge in [0, 0.05) is 35.4 Å². The first kappa shape index (κ1) is 21.7. The van der Waals surface area contributed by atoms with Crippen LogP contribution in [0.3, 0.4) is 0 Å². The summed E-state index contributed by atoms with van der Waals surface area (Å²) in [5.41, 5.74) is 1.31. The van der Waals surface area contributed by atoms with Crippen LogP contribution in [-0.2, 0) is 33.5 Å². The molecule has 0 amide bonds. The Kier molecular flexibility index (Phi) is 6.32. The van der Waals surface area contributed by atoms with E-state index in [9.17, 15) is 18.5 Å². The van der Waals surface area contributed by atoms with E-state index >= 15 is 0 Å². The second-order valence-corrected chi connectivity index (χ2v) is 9.83. The van der Waals surface area contributed by atoms with E-state index in [0.717, 1.165) is 28.3 Å². The van der Waals surface area contributed by atoms with Crippen molar-refractivity contribution in [2.75, 3.05) is 7.11 Å². The maximum absolute atomic E-state index is 13.0. The molecule has 1 aromatic heterocycles. The van der Waals surface area contributed by atoms with Gasteiger partial charge in [0.05, 0.1) is 22.6 Å². The smallest absolute Gasteiger partial charge is 0.288 e. The summed E-state index contributed by atoms with van der Waals surface area (Å²) in [6.45, 7) is 1.83. The normalized spacial score (nSPS) is 12.6. The fourth-order valence-corrected chi connectivity index (χ4v) is 6.44. The molecule has 1 heterocycles. The summed E-state index contributed by atoms with van der Waals surface area (Å²) in [7, 11) is -1.83. The van der Waals surface area contributed by atoms with Crippen LogP contribution in [0.5, 0.6) is 5.88 Å². The Bertz CT molecular complexity index is 1200. The van der Waals surface area contributed by atoms with Crippen LogP contribution in [-0.4, -0.2) is 30.2 Å². The van der Waals surface area contributed by atoms with Crippen molar-refractivity contribution in [1.29, 1.82) is 0 Å². The van der Waals surface area contributed by atoms with E-state index in [1.165, 1.54) is 19.2 Å². The zero-order valence-corrected chi connectivity index (χ0v) is 18.2. The van der Waals surface area contributed by atoms with Gasteiger partial charge in [0.1, 0.15) is 0 Å². The van der Waals surface area contributed by atoms with E-state index in [1.807, 2.05) is 37.3 Å². The molecule has 11 heteroatoms. The lowest BCUT2D eigenvalue weighted by molar-refractivity contribution is -0.384. The zero-order valence-electron chi connectivity index (χ0n) is 16.5. The maximum Gasteiger partial charge on any atom is 0.288 e. The van der Waals surface area contributed by atoms with Crippen molar-refractivity contribution < 1.29 is 18.1 Å². The third-order valence-electron chi connectivity index (χ3n) is 4.31. The Morgan fingerprint density at radius 3 is 2.37 bits per heavy atom. The average molecular weight is 449 g/mol. The van der Waals surface area contributed by atoms with Crippen molar-refractivity contribution in [1.82, 2.24) is 9.78 Å². The highest BCUT2D eigenvalue weighted by Gasteiger charge is 2.20. The molecule has 30 heavy (non-hydrogen) atoms. The number of aromatic nitrogens is 2. The van der Waals surface area contributed by atoms with Crippen molar-refractivity contribution in [2.45, 2.75) is 22.5 Å². The summed E-state index contributed by atoms with van der Waals surface area (Å²) in [5.74, 6) is 0.836. The molecule has 9 nitrogen and oxygen atoms in total. The first-order valence-electron chi connectivity index (χ1n) is 8.78. The second kappa shape index (κ2) is 8.76. The summed E-state index contributed by atoms with van der Waals surface area (Å²) in [4.78, 5) is 10.9. The Balaban J connectivity index is 2.09. The first-order chi connectivity index (χ1) is 14.2. The number of methoxy groups -OCH3 is 1. The standard InChI is InChI=1S/C19H20N4O5S2/c1-14-18(19(28-3)22(2)20-14)13-29(16-7-5-4-6-8-16)21-30(26,27)17-11-9-15(10-12-17)23(24)25/h4-12H,13H2,1-3H3. The van der Waals surface area contributed by atoms with Crippen LogP contribution in [0.1, 0.15) is 11.3 Å². The van der Waals surface area contributed by atoms with E-state index in [0.29, 0.717) is 11.6 Å². The van der Waals surface area contributed by atoms with Gasteiger partial charge in [-0.3, -0.25) is 10.1 Å². The second-order valence-electron chi connectivity index (χ2n) is 6.32. The largest absolute Gasteiger partial charge is 0.481 e. The number of aryl methyl sites for hydroxylation is 2. The highest BCUT2D eigenvalue weighted by atomic mass is 32.3. The average Bonchev–Trinajstić information content (AvgIpc) is 3.00. The van der Waals surface area contributed by atoms with Gasteiger partial charge in [-0.25, -0.2) is 4.68 Å². The van der Waals surface area contributed by atoms with Crippen molar-refractivity contribution in [3.63, 3.8) is 0 Å². The summed E-state index contributed by atoms with van der Waals surface area (Å²) in [5, 5.41) is 15.2. The van der Waals surface area contributed by atoms with Crippen LogP contribution >= 0.6 is 0 Å². The molecule has 3 aromatic rings. The van der Waals surface area contributed by atoms with Crippen LogP contribution < -0.4 is 4.74 Å². The number of hydrogen-bond donors (Lipinski definition) is 0. The third kappa shape index (κ3) is 4.57. The number of sulfonamides is 1. The molecule has 1 unspecified atom stereocenters. The molecule has 0 radical (unpaired) electrons. The van der Waals surface area contributed by atoms with Crippen LogP contribution in [0.15, 0.2) is 68.2 Å². The van der Waals surface area contributed by atoms with E-state index in [-0.39, 0.29) is 10.6 Å². The van der Waals surface area contributed by atoms with Crippen molar-refractivity contribution in [2.24, 2.45) is 10.8 Å². The number of non-ortho nitro benzene ring substituents is 1. The van der Waals surface area contributed by atoms with Gasteiger partial charge in [-0.15, -0.1) is 3.77 Å². The quantitative estimate of drug-likeness (QED) is 0.404. The van der Waals surface area contributed by atoms with Crippen molar-refractivity contribution >= 4 is 26.4 Å². The zero-order chi connectivity index (χ0) is 21.9. The SMILES string of the molecule is COc1c(C/S(=N/S(=O)(=O)c2ccc([N+](=O)[O-])cc2)c2ccccc2)c(C)nn1C. The highest BCUT2D eigenvalue weighted by molar-refractivity contribution is 7.99. The lowest BCUT2D eigenvalue weighted by atomic mass is 10.3. The molecule has 0 aliphatic heterocycles. The number of nitro benzene ring substituents is 1. The van der Waals surface area contributed by atoms with Gasteiger partial charge in [0.2, 0.25) is 5.88 Å². The number of rotatable bonds is 7. The molecule has 0 saturated carbocycles. The van der Waals surface area contributed by atoms with Crippen LogP contribution in [0.25, 0.3) is 0 Å². The van der Waals surface area contributed by atoms with Gasteiger partial charge < -0.3 is 4.74 Å². The van der Waals surface area contributed by atoms with Crippen LogP contribution in [0, 0.1) is 17.0 Å². The monoisotopic (exact) mass is 448 g/mol. The number of nitrogens with zero attached hydrogens (tertiary/aromatic N) is 4. The fourth-order valence-electron chi connectivity index (χ4n) is 2.87. The van der Waals surface area contributed by atoms with Crippen molar-refractivity contribution in [3.8, 4) is 5.88 Å². The minimum Gasteiger partial charge on any atom is -0.481 e. The molecule has 0 fully saturated rings. The van der Waals surface area contributed by atoms with E-state index in [4.69, 9.17) is 4.74 Å². The molecule has 3 rings (SSSR count). The molecule has 0 aliphatic rings. The molecule has 2 aromatic carbocycles. The van der Waals surface area contributed by atoms with Gasteiger partial charge in [0.15, 0.2) is 0 Å². The predicted molar refractivity (Wildman–Crippen MR) is 113 cm³/mol. The topological polar surface area (TPSA) is 117 Å². The third-order valence-corrected chi connectivity index (χ3v) is 8.06. The van der Waals surface area contributed by atoms with Crippen LogP contribution in [0.2, 0.25) is 0 Å². The van der Waals surface area contributed by atoms with Gasteiger partial charge in [-0.05, 0) is 41.9 Å². The number of ether oxygens (including phenoxy) is 1. The first-order valence-corrected chi connectivity index (χ1v) is 11.6. The summed E-state index contributed by atoms with van der Waals surface area (Å²) < 4.78 is 37.1. The molecule has 158 valence electrons. The number of benzene rings is 2. The van der Waals surface area contributed by atoms with Gasteiger partial charge >= 0.3 is 0 Å². The molecule has 0 aliphatic carbocycles. The molecule has 0 N–H and O–H groups in total. The minimum atomic E-state index is -4.05. The molecule has 0 bridgehead atoms. The van der Waals surface area contributed by atoms with Crippen LogP contribution in [0.4, 0.5) is 5.69 Å². The lowest BCUT2D eigenvalue weighted by Gasteiger charge is -2.10. The van der Waals surface area contributed by atoms with Gasteiger partial charge in [-0.1, -0.05) is 18.2 Å². The molecule has 0 saturated heterocycles. The molecule has 1 atom stereocenters. The Morgan fingerprint density at radius 1 is 1.17 bits per heavy atom. The van der Waals surface area contributed by atoms with Crippen molar-refractivity contribution in [3.05, 3.63) is 76.0 Å². The Labute approximate surface area is 176 Å². The van der Waals surface area contributed by atoms with E-state index in [2.05, 4.69) is 8.87 Å². The highest BCUT2D eigenvalue weighted by Crippen LogP contribution is 2.27. The van der Waals surface area contributed by atoms with E-state index < -0.39 is 25.6 Å². The predicted octanol–water partition coefficient (Wildman–Crippen LogP) is 3.40. The number of hydrogen-bond acceptors (Lipinski definition) is 6. The minimum absolute atomic E-state index is 0.101. The lowest BCUT2D eigenvalue weighted by Crippen LogP contribution is -2.05. The van der Waals surface area contributed by atoms with Gasteiger partial charge in [0.25, 0.3) is 15.7 Å². The van der Waals surface area contributed by atoms with Gasteiger partial charge in [-0.2, -0.15) is 13.5 Å². The summed E-state index contributed by atoms with van der Waals surface area (Å²) in [6.07, 6.45) is 0. The number of nitro groups is 1.